The van der Waals surface area contributed by atoms with Crippen LogP contribution >= 0.6 is 0 Å². The van der Waals surface area contributed by atoms with Crippen LogP contribution in [0.4, 0.5) is 21.9 Å². The highest BCUT2D eigenvalue weighted by molar-refractivity contribution is 5.60. The third kappa shape index (κ3) is 7.65. The number of benzene rings is 2. The van der Waals surface area contributed by atoms with Crippen molar-refractivity contribution in [2.45, 2.75) is 26.4 Å². The Labute approximate surface area is 166 Å². The van der Waals surface area contributed by atoms with Gasteiger partial charge in [0.15, 0.2) is 0 Å². The van der Waals surface area contributed by atoms with E-state index in [0.717, 1.165) is 11.4 Å². The van der Waals surface area contributed by atoms with E-state index in [0.29, 0.717) is 31.1 Å². The molecule has 0 spiro atoms. The minimum atomic E-state index is -0.678. The molecule has 0 saturated heterocycles. The van der Waals surface area contributed by atoms with Crippen molar-refractivity contribution in [3.05, 3.63) is 48.5 Å². The number of nitrogens with zero attached hydrogens (tertiary/aromatic N) is 1. The van der Waals surface area contributed by atoms with E-state index in [1.165, 1.54) is 0 Å². The maximum atomic E-state index is 11.7. The summed E-state index contributed by atoms with van der Waals surface area (Å²) in [5.41, 5.74) is 13.2. The quantitative estimate of drug-likeness (QED) is 0.526. The maximum absolute atomic E-state index is 11.7. The first kappa shape index (κ1) is 21.2. The van der Waals surface area contributed by atoms with Crippen LogP contribution in [0.1, 0.15) is 20.8 Å². The molecule has 0 saturated carbocycles. The van der Waals surface area contributed by atoms with Crippen molar-refractivity contribution in [3.8, 4) is 5.75 Å². The van der Waals surface area contributed by atoms with Gasteiger partial charge < -0.3 is 30.6 Å². The number of anilines is 3. The van der Waals surface area contributed by atoms with Crippen molar-refractivity contribution in [3.63, 3.8) is 0 Å². The van der Waals surface area contributed by atoms with Gasteiger partial charge in [-0.15, -0.1) is 0 Å². The monoisotopic (exact) mass is 387 g/mol. The Morgan fingerprint density at radius 2 is 1.43 bits per heavy atom. The predicted octanol–water partition coefficient (Wildman–Crippen LogP) is 3.69. The summed E-state index contributed by atoms with van der Waals surface area (Å²) in [6.07, 6.45) is -0.678. The van der Waals surface area contributed by atoms with Crippen LogP contribution in [0.5, 0.6) is 5.75 Å². The highest BCUT2D eigenvalue weighted by Gasteiger charge is 2.17. The fourth-order valence-corrected chi connectivity index (χ4v) is 2.41. The zero-order chi connectivity index (χ0) is 20.6. The Morgan fingerprint density at radius 1 is 0.893 bits per heavy atom. The maximum Gasteiger partial charge on any atom is 0.508 e. The van der Waals surface area contributed by atoms with Crippen LogP contribution < -0.4 is 21.1 Å². The third-order valence-corrected chi connectivity index (χ3v) is 3.74. The lowest BCUT2D eigenvalue weighted by Gasteiger charge is -2.25. The minimum Gasteiger partial charge on any atom is -0.492 e. The van der Waals surface area contributed by atoms with E-state index < -0.39 is 11.8 Å². The van der Waals surface area contributed by atoms with Gasteiger partial charge in [-0.1, -0.05) is 0 Å². The number of nitrogen functional groups attached to an aromatic ring is 2. The summed E-state index contributed by atoms with van der Waals surface area (Å²) in [6, 6.07) is 14.8. The van der Waals surface area contributed by atoms with E-state index >= 15 is 0 Å². The molecule has 2 aromatic rings. The minimum absolute atomic E-state index is 0.196. The second kappa shape index (κ2) is 9.73. The summed E-state index contributed by atoms with van der Waals surface area (Å²) < 4.78 is 16.1. The Balaban J connectivity index is 1.90. The van der Waals surface area contributed by atoms with Crippen LogP contribution in [-0.2, 0) is 9.47 Å². The molecule has 7 nitrogen and oxygen atoms in total. The van der Waals surface area contributed by atoms with E-state index in [9.17, 15) is 4.79 Å². The third-order valence-electron chi connectivity index (χ3n) is 3.74. The molecule has 2 rings (SSSR count). The first-order valence-electron chi connectivity index (χ1n) is 9.17. The molecule has 0 heterocycles. The van der Waals surface area contributed by atoms with Crippen molar-refractivity contribution in [1.29, 1.82) is 0 Å². The lowest BCUT2D eigenvalue weighted by atomic mass is 10.2. The number of carbonyl (C=O) groups excluding carboxylic acids is 1. The van der Waals surface area contributed by atoms with Crippen molar-refractivity contribution < 1.29 is 19.0 Å². The SMILES string of the molecule is CC(C)(C)OC(=O)OCCN(CCOc1ccc(N)cc1)c1ccc(N)cc1. The lowest BCUT2D eigenvalue weighted by molar-refractivity contribution is -0.00600. The Bertz CT molecular complexity index is 740. The molecule has 7 heteroatoms. The molecule has 0 aliphatic heterocycles. The Hall–Kier alpha value is -3.09. The fraction of sp³-hybridized carbons (Fsp3) is 0.381. The number of nitrogens with two attached hydrogens (primary N) is 2. The van der Waals surface area contributed by atoms with Crippen LogP contribution in [0.15, 0.2) is 48.5 Å². The molecule has 0 amide bonds. The van der Waals surface area contributed by atoms with Gasteiger partial charge in [0.2, 0.25) is 0 Å². The molecule has 0 unspecified atom stereocenters. The average Bonchev–Trinajstić information content (AvgIpc) is 2.61. The van der Waals surface area contributed by atoms with Crippen molar-refractivity contribution in [2.24, 2.45) is 0 Å². The van der Waals surface area contributed by atoms with Gasteiger partial charge in [0.1, 0.15) is 24.6 Å². The van der Waals surface area contributed by atoms with Crippen LogP contribution in [0.3, 0.4) is 0 Å². The van der Waals surface area contributed by atoms with E-state index in [2.05, 4.69) is 4.90 Å². The fourth-order valence-electron chi connectivity index (χ4n) is 2.41. The van der Waals surface area contributed by atoms with E-state index in [4.69, 9.17) is 25.7 Å². The van der Waals surface area contributed by atoms with E-state index in [1.807, 2.05) is 36.4 Å². The van der Waals surface area contributed by atoms with Gasteiger partial charge in [-0.2, -0.15) is 0 Å². The van der Waals surface area contributed by atoms with Gasteiger partial charge >= 0.3 is 6.16 Å². The number of hydrogen-bond acceptors (Lipinski definition) is 7. The number of carbonyl (C=O) groups is 1. The molecule has 0 bridgehead atoms. The zero-order valence-corrected chi connectivity index (χ0v) is 16.7. The van der Waals surface area contributed by atoms with Gasteiger partial charge in [0.05, 0.1) is 13.1 Å². The van der Waals surface area contributed by atoms with E-state index in [1.54, 1.807) is 32.9 Å². The van der Waals surface area contributed by atoms with Gasteiger partial charge in [0.25, 0.3) is 0 Å². The summed E-state index contributed by atoms with van der Waals surface area (Å²) in [5.74, 6) is 0.747. The molecule has 4 N–H and O–H groups in total. The predicted molar refractivity (Wildman–Crippen MR) is 112 cm³/mol. The molecular formula is C21H29N3O4. The Morgan fingerprint density at radius 3 is 2.00 bits per heavy atom. The summed E-state index contributed by atoms with van der Waals surface area (Å²) in [6.45, 7) is 7.14. The molecule has 2 aromatic carbocycles. The van der Waals surface area contributed by atoms with Gasteiger partial charge in [-0.05, 0) is 69.3 Å². The molecule has 152 valence electrons. The van der Waals surface area contributed by atoms with E-state index in [-0.39, 0.29) is 6.61 Å². The van der Waals surface area contributed by atoms with Crippen LogP contribution in [-0.4, -0.2) is 38.1 Å². The van der Waals surface area contributed by atoms with Crippen molar-refractivity contribution in [1.82, 2.24) is 0 Å². The molecule has 0 aliphatic rings. The largest absolute Gasteiger partial charge is 0.508 e. The summed E-state index contributed by atoms with van der Waals surface area (Å²) >= 11 is 0. The molecule has 28 heavy (non-hydrogen) atoms. The normalized spacial score (nSPS) is 11.0. The van der Waals surface area contributed by atoms with Crippen LogP contribution in [0, 0.1) is 0 Å². The first-order chi connectivity index (χ1) is 13.2. The Kier molecular flexibility index (Phi) is 7.37. The molecule has 0 aromatic heterocycles. The summed E-state index contributed by atoms with van der Waals surface area (Å²) in [5, 5.41) is 0. The summed E-state index contributed by atoms with van der Waals surface area (Å²) in [7, 11) is 0. The smallest absolute Gasteiger partial charge is 0.492 e. The topological polar surface area (TPSA) is 100 Å². The first-order valence-corrected chi connectivity index (χ1v) is 9.17. The van der Waals surface area contributed by atoms with Gasteiger partial charge in [-0.25, -0.2) is 4.79 Å². The standard InChI is InChI=1S/C21H29N3O4/c1-21(2,3)28-20(25)27-15-13-24(18-8-4-16(22)5-9-18)12-14-26-19-10-6-17(23)7-11-19/h4-11H,12-15,22-23H2,1-3H3. The van der Waals surface area contributed by atoms with Gasteiger partial charge in [0, 0.05) is 17.1 Å². The van der Waals surface area contributed by atoms with Gasteiger partial charge in [-0.3, -0.25) is 0 Å². The highest BCUT2D eigenvalue weighted by Crippen LogP contribution is 2.17. The van der Waals surface area contributed by atoms with Crippen molar-refractivity contribution in [2.75, 3.05) is 42.7 Å². The van der Waals surface area contributed by atoms with Crippen LogP contribution in [0.2, 0.25) is 0 Å². The summed E-state index contributed by atoms with van der Waals surface area (Å²) in [4.78, 5) is 13.8. The number of rotatable bonds is 8. The second-order valence-electron chi connectivity index (χ2n) is 7.31. The van der Waals surface area contributed by atoms with Crippen LogP contribution in [0.25, 0.3) is 0 Å². The lowest BCUT2D eigenvalue weighted by Crippen LogP contribution is -2.33. The second-order valence-corrected chi connectivity index (χ2v) is 7.31. The highest BCUT2D eigenvalue weighted by atomic mass is 16.7. The molecule has 0 fully saturated rings. The number of ether oxygens (including phenoxy) is 3. The molecule has 0 radical (unpaired) electrons. The molecular weight excluding hydrogens is 358 g/mol. The molecule has 0 aliphatic carbocycles. The van der Waals surface area contributed by atoms with Crippen molar-refractivity contribution >= 4 is 23.2 Å². The molecule has 0 atom stereocenters. The zero-order valence-electron chi connectivity index (χ0n) is 16.7. The number of hydrogen-bond donors (Lipinski definition) is 2. The average molecular weight is 387 g/mol.